The third-order valence-electron chi connectivity index (χ3n) is 7.75. The van der Waals surface area contributed by atoms with Crippen LogP contribution in [0.4, 0.5) is 0 Å². The number of H-pyrrole nitrogens is 1. The van der Waals surface area contributed by atoms with Crippen LogP contribution >= 0.6 is 0 Å². The zero-order valence-corrected chi connectivity index (χ0v) is 24.4. The highest BCUT2D eigenvalue weighted by atomic mass is 16.4. The number of carboxylic acids is 1. The van der Waals surface area contributed by atoms with Crippen molar-refractivity contribution in [2.24, 2.45) is 22.2 Å². The van der Waals surface area contributed by atoms with Crippen LogP contribution in [0.5, 0.6) is 0 Å². The molecule has 1 aliphatic rings. The maximum Gasteiger partial charge on any atom is 0.326 e. The fourth-order valence-corrected chi connectivity index (χ4v) is 5.49. The Hall–Kier alpha value is -4.91. The molecular formula is C31H40N8O5. The van der Waals surface area contributed by atoms with E-state index in [0.717, 1.165) is 22.0 Å². The quantitative estimate of drug-likeness (QED) is 0.0772. The Bertz CT molecular complexity index is 1490. The Morgan fingerprint density at radius 2 is 1.73 bits per heavy atom. The zero-order chi connectivity index (χ0) is 31.6. The van der Waals surface area contributed by atoms with E-state index in [2.05, 4.69) is 20.6 Å². The van der Waals surface area contributed by atoms with Crippen LogP contribution in [0.2, 0.25) is 0 Å². The van der Waals surface area contributed by atoms with E-state index in [-0.39, 0.29) is 31.8 Å². The fraction of sp³-hybridized carbons (Fsp3) is 0.387. The molecule has 44 heavy (non-hydrogen) atoms. The first kappa shape index (κ1) is 32.0. The minimum absolute atomic E-state index is 0.0999. The first-order valence-electron chi connectivity index (χ1n) is 14.7. The summed E-state index contributed by atoms with van der Waals surface area (Å²) in [6.45, 7) is 0.515. The summed E-state index contributed by atoms with van der Waals surface area (Å²) in [7, 11) is 0. The number of nitrogens with two attached hydrogens (primary N) is 3. The zero-order valence-electron chi connectivity index (χ0n) is 24.4. The number of nitrogens with one attached hydrogen (secondary N) is 3. The van der Waals surface area contributed by atoms with E-state index in [1.165, 1.54) is 4.90 Å². The first-order chi connectivity index (χ1) is 21.1. The van der Waals surface area contributed by atoms with Crippen LogP contribution in [-0.2, 0) is 32.0 Å². The number of aliphatic carboxylic acids is 1. The molecule has 2 aromatic carbocycles. The van der Waals surface area contributed by atoms with Gasteiger partial charge in [0.2, 0.25) is 17.7 Å². The fourth-order valence-electron chi connectivity index (χ4n) is 5.49. The molecule has 0 aliphatic carbocycles. The molecule has 3 aromatic rings. The Morgan fingerprint density at radius 1 is 1.00 bits per heavy atom. The van der Waals surface area contributed by atoms with E-state index in [1.807, 2.05) is 60.8 Å². The van der Waals surface area contributed by atoms with Crippen LogP contribution in [0.3, 0.4) is 0 Å². The predicted molar refractivity (Wildman–Crippen MR) is 166 cm³/mol. The van der Waals surface area contributed by atoms with Crippen molar-refractivity contribution in [3.8, 4) is 0 Å². The van der Waals surface area contributed by atoms with E-state index >= 15 is 0 Å². The van der Waals surface area contributed by atoms with Gasteiger partial charge in [0.25, 0.3) is 0 Å². The topological polar surface area (TPSA) is 222 Å². The van der Waals surface area contributed by atoms with Crippen molar-refractivity contribution in [2.75, 3.05) is 13.1 Å². The number of amides is 3. The number of guanidine groups is 1. The second-order valence-corrected chi connectivity index (χ2v) is 11.0. The highest BCUT2D eigenvalue weighted by Gasteiger charge is 2.39. The van der Waals surface area contributed by atoms with E-state index in [4.69, 9.17) is 17.2 Å². The van der Waals surface area contributed by atoms with Crippen molar-refractivity contribution in [1.82, 2.24) is 20.5 Å². The molecule has 1 aromatic heterocycles. The molecule has 0 spiro atoms. The Labute approximate surface area is 255 Å². The van der Waals surface area contributed by atoms with Gasteiger partial charge in [-0.15, -0.1) is 0 Å². The van der Waals surface area contributed by atoms with Crippen LogP contribution < -0.4 is 27.8 Å². The second-order valence-electron chi connectivity index (χ2n) is 11.0. The van der Waals surface area contributed by atoms with Crippen LogP contribution in [0.1, 0.15) is 36.8 Å². The summed E-state index contributed by atoms with van der Waals surface area (Å²) in [6, 6.07) is 13.0. The summed E-state index contributed by atoms with van der Waals surface area (Å²) in [6.07, 6.45) is 3.65. The normalized spacial score (nSPS) is 16.6. The molecule has 3 amide bonds. The van der Waals surface area contributed by atoms with E-state index < -0.39 is 47.9 Å². The largest absolute Gasteiger partial charge is 0.480 e. The molecule has 1 aliphatic heterocycles. The summed E-state index contributed by atoms with van der Waals surface area (Å²) in [5.41, 5.74) is 19.6. The molecule has 2 heterocycles. The van der Waals surface area contributed by atoms with Crippen molar-refractivity contribution in [1.29, 1.82) is 0 Å². The highest BCUT2D eigenvalue weighted by Crippen LogP contribution is 2.21. The van der Waals surface area contributed by atoms with Crippen LogP contribution in [0.15, 0.2) is 65.8 Å². The van der Waals surface area contributed by atoms with Gasteiger partial charge in [-0.25, -0.2) is 4.79 Å². The number of rotatable bonds is 14. The average molecular weight is 605 g/mol. The molecule has 1 fully saturated rings. The van der Waals surface area contributed by atoms with Crippen molar-refractivity contribution in [3.05, 3.63) is 71.9 Å². The highest BCUT2D eigenvalue weighted by molar-refractivity contribution is 5.95. The average Bonchev–Trinajstić information content (AvgIpc) is 3.66. The number of nitrogens with zero attached hydrogens (tertiary/aromatic N) is 2. The summed E-state index contributed by atoms with van der Waals surface area (Å²) >= 11 is 0. The number of hydrogen-bond acceptors (Lipinski definition) is 6. The van der Waals surface area contributed by atoms with Crippen molar-refractivity contribution in [2.45, 2.75) is 62.7 Å². The number of carboxylic acid groups (broad SMARTS) is 1. The van der Waals surface area contributed by atoms with E-state index in [9.17, 15) is 24.3 Å². The molecule has 10 N–H and O–H groups in total. The Balaban J connectivity index is 1.46. The van der Waals surface area contributed by atoms with Gasteiger partial charge < -0.3 is 42.8 Å². The van der Waals surface area contributed by atoms with Crippen LogP contribution in [-0.4, -0.2) is 81.9 Å². The predicted octanol–water partition coefficient (Wildman–Crippen LogP) is 0.379. The van der Waals surface area contributed by atoms with Gasteiger partial charge in [-0.05, 0) is 49.3 Å². The van der Waals surface area contributed by atoms with Gasteiger partial charge >= 0.3 is 5.97 Å². The number of aromatic amines is 1. The molecule has 1 saturated heterocycles. The second kappa shape index (κ2) is 15.0. The monoisotopic (exact) mass is 604 g/mol. The van der Waals surface area contributed by atoms with Gasteiger partial charge in [-0.3, -0.25) is 19.4 Å². The Kier molecular flexibility index (Phi) is 10.9. The number of hydrogen-bond donors (Lipinski definition) is 7. The molecule has 234 valence electrons. The van der Waals surface area contributed by atoms with Crippen LogP contribution in [0, 0.1) is 0 Å². The molecule has 13 nitrogen and oxygen atoms in total. The Morgan fingerprint density at radius 3 is 2.45 bits per heavy atom. The molecule has 0 saturated carbocycles. The van der Waals surface area contributed by atoms with Crippen molar-refractivity contribution in [3.63, 3.8) is 0 Å². The van der Waals surface area contributed by atoms with Gasteiger partial charge in [0.15, 0.2) is 5.96 Å². The third-order valence-corrected chi connectivity index (χ3v) is 7.75. The van der Waals surface area contributed by atoms with Gasteiger partial charge in [0.05, 0.1) is 6.04 Å². The number of para-hydroxylation sites is 1. The number of carbonyl (C=O) groups excluding carboxylic acids is 3. The smallest absolute Gasteiger partial charge is 0.326 e. The molecule has 13 heteroatoms. The minimum atomic E-state index is -1.20. The lowest BCUT2D eigenvalue weighted by molar-refractivity contribution is -0.145. The molecule has 4 rings (SSSR count). The number of benzene rings is 2. The standard InChI is InChI=1S/C31H40N8O5/c32-22(17-20-18-36-23-11-5-4-10-21(20)23)27(40)38-25(16-19-8-2-1-3-9-19)29(42)39-15-7-13-26(39)28(41)37-24(30(43)44)12-6-14-35-31(33)34/h1-5,8-11,18,22,24-26,36H,6-7,12-17,32H2,(H,37,41)(H,38,40)(H,43,44)(H4,33,34,35). The lowest BCUT2D eigenvalue weighted by Gasteiger charge is -2.30. The number of aliphatic imine (C=N–C) groups is 1. The summed E-state index contributed by atoms with van der Waals surface area (Å²) in [5.74, 6) is -2.78. The van der Waals surface area contributed by atoms with Gasteiger partial charge in [0.1, 0.15) is 18.1 Å². The van der Waals surface area contributed by atoms with E-state index in [0.29, 0.717) is 25.8 Å². The molecular weight excluding hydrogens is 564 g/mol. The molecule has 4 unspecified atom stereocenters. The van der Waals surface area contributed by atoms with Gasteiger partial charge in [-0.1, -0.05) is 48.5 Å². The lowest BCUT2D eigenvalue weighted by atomic mass is 10.0. The van der Waals surface area contributed by atoms with Crippen molar-refractivity contribution >= 4 is 40.6 Å². The summed E-state index contributed by atoms with van der Waals surface area (Å²) in [5, 5.41) is 16.0. The number of fused-ring (bicyclic) bond motifs is 1. The number of carbonyl (C=O) groups is 4. The number of aromatic nitrogens is 1. The van der Waals surface area contributed by atoms with E-state index in [1.54, 1.807) is 0 Å². The molecule has 0 radical (unpaired) electrons. The maximum absolute atomic E-state index is 13.9. The number of likely N-dealkylation sites (tertiary alicyclic amines) is 1. The minimum Gasteiger partial charge on any atom is -0.480 e. The molecule has 4 atom stereocenters. The van der Waals surface area contributed by atoms with Crippen molar-refractivity contribution < 1.29 is 24.3 Å². The first-order valence-corrected chi connectivity index (χ1v) is 14.7. The van der Waals surface area contributed by atoms with Gasteiger partial charge in [0, 0.05) is 36.6 Å². The van der Waals surface area contributed by atoms with Gasteiger partial charge in [-0.2, -0.15) is 0 Å². The summed E-state index contributed by atoms with van der Waals surface area (Å²) < 4.78 is 0. The van der Waals surface area contributed by atoms with Crippen LogP contribution in [0.25, 0.3) is 10.9 Å². The lowest BCUT2D eigenvalue weighted by Crippen LogP contribution is -2.57. The molecule has 0 bridgehead atoms. The summed E-state index contributed by atoms with van der Waals surface area (Å²) in [4.78, 5) is 60.8. The maximum atomic E-state index is 13.9. The SMILES string of the molecule is NC(N)=NCCCC(NC(=O)C1CCCN1C(=O)C(Cc1ccccc1)NC(=O)C(N)Cc1c[nH]c2ccccc12)C(=O)O. The third kappa shape index (κ3) is 8.34.